The van der Waals surface area contributed by atoms with Crippen LogP contribution in [0.5, 0.6) is 0 Å². The molecule has 0 aromatic heterocycles. The summed E-state index contributed by atoms with van der Waals surface area (Å²) >= 11 is 0. The molecule has 0 atom stereocenters. The van der Waals surface area contributed by atoms with Gasteiger partial charge in [-0.1, -0.05) is 19.3 Å². The molecule has 1 saturated carbocycles. The molecule has 0 saturated heterocycles. The second-order valence-corrected chi connectivity index (χ2v) is 5.42. The molecular formula is C15H20N4O. The zero-order valence-corrected chi connectivity index (χ0v) is 11.5. The molecule has 1 fully saturated rings. The van der Waals surface area contributed by atoms with Gasteiger partial charge in [-0.25, -0.2) is 4.79 Å². The molecule has 0 aliphatic heterocycles. The van der Waals surface area contributed by atoms with Crippen molar-refractivity contribution in [2.24, 2.45) is 5.73 Å². The van der Waals surface area contributed by atoms with Crippen molar-refractivity contribution >= 4 is 11.7 Å². The summed E-state index contributed by atoms with van der Waals surface area (Å²) in [5.41, 5.74) is 7.23. The monoisotopic (exact) mass is 272 g/mol. The summed E-state index contributed by atoms with van der Waals surface area (Å²) < 4.78 is 0. The van der Waals surface area contributed by atoms with E-state index < -0.39 is 0 Å². The van der Waals surface area contributed by atoms with Crippen LogP contribution in [0.2, 0.25) is 0 Å². The number of benzene rings is 1. The van der Waals surface area contributed by atoms with Gasteiger partial charge < -0.3 is 16.4 Å². The lowest BCUT2D eigenvalue weighted by atomic mass is 9.82. The van der Waals surface area contributed by atoms with Gasteiger partial charge in [0.1, 0.15) is 0 Å². The molecule has 20 heavy (non-hydrogen) atoms. The van der Waals surface area contributed by atoms with Crippen molar-refractivity contribution in [3.63, 3.8) is 0 Å². The Bertz CT molecular complexity index is 498. The summed E-state index contributed by atoms with van der Waals surface area (Å²) in [5.74, 6) is 0. The number of amides is 2. The molecule has 106 valence electrons. The summed E-state index contributed by atoms with van der Waals surface area (Å²) in [7, 11) is 0. The number of carbonyl (C=O) groups excluding carboxylic acids is 1. The average molecular weight is 272 g/mol. The zero-order chi connectivity index (χ0) is 14.4. The van der Waals surface area contributed by atoms with E-state index in [1.807, 2.05) is 6.07 Å². The molecule has 1 aliphatic carbocycles. The summed E-state index contributed by atoms with van der Waals surface area (Å²) in [6.07, 6.45) is 5.43. The fourth-order valence-corrected chi connectivity index (χ4v) is 2.49. The zero-order valence-electron chi connectivity index (χ0n) is 11.5. The molecule has 0 spiro atoms. The number of nitrogens with two attached hydrogens (primary N) is 1. The number of carbonyl (C=O) groups is 1. The van der Waals surface area contributed by atoms with Crippen LogP contribution in [0.4, 0.5) is 10.5 Å². The van der Waals surface area contributed by atoms with E-state index in [1.165, 1.54) is 6.42 Å². The van der Waals surface area contributed by atoms with Crippen LogP contribution in [-0.4, -0.2) is 18.1 Å². The van der Waals surface area contributed by atoms with E-state index in [2.05, 4.69) is 10.6 Å². The highest BCUT2D eigenvalue weighted by atomic mass is 16.2. The number of anilines is 1. The maximum atomic E-state index is 11.8. The third-order valence-electron chi connectivity index (χ3n) is 3.72. The van der Waals surface area contributed by atoms with Crippen LogP contribution < -0.4 is 16.4 Å². The first kappa shape index (κ1) is 14.4. The summed E-state index contributed by atoms with van der Waals surface area (Å²) in [6, 6.07) is 8.52. The van der Waals surface area contributed by atoms with Crippen LogP contribution in [0.15, 0.2) is 24.3 Å². The Morgan fingerprint density at radius 1 is 1.25 bits per heavy atom. The fraction of sp³-hybridized carbons (Fsp3) is 0.467. The third kappa shape index (κ3) is 3.97. The smallest absolute Gasteiger partial charge is 0.319 e. The van der Waals surface area contributed by atoms with Crippen LogP contribution in [0.1, 0.15) is 37.7 Å². The van der Waals surface area contributed by atoms with Crippen molar-refractivity contribution in [1.29, 1.82) is 5.26 Å². The van der Waals surface area contributed by atoms with Crippen molar-refractivity contribution in [2.45, 2.75) is 37.6 Å². The molecule has 0 radical (unpaired) electrons. The van der Waals surface area contributed by atoms with E-state index in [0.717, 1.165) is 25.7 Å². The van der Waals surface area contributed by atoms with Gasteiger partial charge in [0, 0.05) is 17.8 Å². The summed E-state index contributed by atoms with van der Waals surface area (Å²) in [5, 5.41) is 14.3. The highest BCUT2D eigenvalue weighted by Gasteiger charge is 2.27. The minimum atomic E-state index is -0.264. The Labute approximate surface area is 119 Å². The van der Waals surface area contributed by atoms with Gasteiger partial charge in [-0.3, -0.25) is 0 Å². The normalized spacial score (nSPS) is 17.0. The van der Waals surface area contributed by atoms with E-state index in [-0.39, 0.29) is 11.6 Å². The van der Waals surface area contributed by atoms with Crippen LogP contribution in [-0.2, 0) is 0 Å². The molecule has 0 bridgehead atoms. The van der Waals surface area contributed by atoms with Gasteiger partial charge in [0.15, 0.2) is 0 Å². The largest absolute Gasteiger partial charge is 0.336 e. The Morgan fingerprint density at radius 3 is 2.50 bits per heavy atom. The first-order chi connectivity index (χ1) is 9.61. The number of rotatable bonds is 3. The Balaban J connectivity index is 1.81. The molecular weight excluding hydrogens is 252 g/mol. The molecule has 2 rings (SSSR count). The van der Waals surface area contributed by atoms with Gasteiger partial charge in [0.2, 0.25) is 0 Å². The number of nitrogens with zero attached hydrogens (tertiary/aromatic N) is 1. The van der Waals surface area contributed by atoms with E-state index in [1.54, 1.807) is 24.3 Å². The van der Waals surface area contributed by atoms with E-state index >= 15 is 0 Å². The number of nitriles is 1. The maximum absolute atomic E-state index is 11.8. The maximum Gasteiger partial charge on any atom is 0.319 e. The summed E-state index contributed by atoms with van der Waals surface area (Å²) in [4.78, 5) is 11.8. The number of urea groups is 1. The average Bonchev–Trinajstić information content (AvgIpc) is 2.47. The summed E-state index contributed by atoms with van der Waals surface area (Å²) in [6.45, 7) is 0.495. The van der Waals surface area contributed by atoms with Crippen molar-refractivity contribution < 1.29 is 4.79 Å². The van der Waals surface area contributed by atoms with Gasteiger partial charge in [-0.2, -0.15) is 5.26 Å². The minimum absolute atomic E-state index is 0.259. The first-order valence-corrected chi connectivity index (χ1v) is 6.95. The Hall–Kier alpha value is -2.06. The minimum Gasteiger partial charge on any atom is -0.336 e. The molecule has 4 N–H and O–H groups in total. The van der Waals surface area contributed by atoms with Gasteiger partial charge in [0.25, 0.3) is 0 Å². The number of hydrogen-bond acceptors (Lipinski definition) is 3. The van der Waals surface area contributed by atoms with Gasteiger partial charge in [-0.05, 0) is 37.1 Å². The van der Waals surface area contributed by atoms with Crippen LogP contribution in [0.3, 0.4) is 0 Å². The first-order valence-electron chi connectivity index (χ1n) is 6.95. The van der Waals surface area contributed by atoms with E-state index in [9.17, 15) is 4.79 Å². The second-order valence-electron chi connectivity index (χ2n) is 5.42. The number of nitrogens with one attached hydrogen (secondary N) is 2. The van der Waals surface area contributed by atoms with Crippen molar-refractivity contribution in [2.75, 3.05) is 11.9 Å². The van der Waals surface area contributed by atoms with Crippen molar-refractivity contribution in [3.8, 4) is 6.07 Å². The molecule has 1 aromatic carbocycles. The van der Waals surface area contributed by atoms with Crippen molar-refractivity contribution in [3.05, 3.63) is 29.8 Å². The highest BCUT2D eigenvalue weighted by Crippen LogP contribution is 2.25. The second kappa shape index (κ2) is 6.40. The SMILES string of the molecule is N#Cc1ccc(NC(=O)NCC2(N)CCCCC2)cc1. The predicted molar refractivity (Wildman–Crippen MR) is 78.2 cm³/mol. The Kier molecular flexibility index (Phi) is 4.59. The highest BCUT2D eigenvalue weighted by molar-refractivity contribution is 5.89. The lowest BCUT2D eigenvalue weighted by Gasteiger charge is -2.33. The number of hydrogen-bond donors (Lipinski definition) is 3. The quantitative estimate of drug-likeness (QED) is 0.788. The van der Waals surface area contributed by atoms with Crippen LogP contribution in [0, 0.1) is 11.3 Å². The molecule has 2 amide bonds. The molecule has 0 heterocycles. The molecule has 1 aromatic rings. The fourth-order valence-electron chi connectivity index (χ4n) is 2.49. The van der Waals surface area contributed by atoms with Gasteiger partial charge >= 0.3 is 6.03 Å². The van der Waals surface area contributed by atoms with Crippen LogP contribution >= 0.6 is 0 Å². The van der Waals surface area contributed by atoms with Crippen LogP contribution in [0.25, 0.3) is 0 Å². The predicted octanol–water partition coefficient (Wildman–Crippen LogP) is 2.34. The van der Waals surface area contributed by atoms with Gasteiger partial charge in [0.05, 0.1) is 11.6 Å². The molecule has 1 aliphatic rings. The third-order valence-corrected chi connectivity index (χ3v) is 3.72. The van der Waals surface area contributed by atoms with E-state index in [4.69, 9.17) is 11.0 Å². The van der Waals surface area contributed by atoms with E-state index in [0.29, 0.717) is 17.8 Å². The standard InChI is InChI=1S/C15H20N4O/c16-10-12-4-6-13(7-5-12)19-14(20)18-11-15(17)8-2-1-3-9-15/h4-7H,1-3,8-9,11,17H2,(H2,18,19,20). The lowest BCUT2D eigenvalue weighted by molar-refractivity contribution is 0.241. The Morgan fingerprint density at radius 2 is 1.90 bits per heavy atom. The molecule has 5 heteroatoms. The van der Waals surface area contributed by atoms with Crippen molar-refractivity contribution in [1.82, 2.24) is 5.32 Å². The van der Waals surface area contributed by atoms with Gasteiger partial charge in [-0.15, -0.1) is 0 Å². The lowest BCUT2D eigenvalue weighted by Crippen LogP contribution is -2.52. The molecule has 5 nitrogen and oxygen atoms in total. The topological polar surface area (TPSA) is 90.9 Å². The molecule has 0 unspecified atom stereocenters.